The molecule has 1 aromatic heterocycles. The van der Waals surface area contributed by atoms with Gasteiger partial charge in [-0.3, -0.25) is 9.59 Å². The van der Waals surface area contributed by atoms with Crippen molar-refractivity contribution in [2.75, 3.05) is 0 Å². The minimum atomic E-state index is -0.948. The minimum absolute atomic E-state index is 0.232. The van der Waals surface area contributed by atoms with Crippen molar-refractivity contribution in [3.63, 3.8) is 0 Å². The number of amides is 1. The average Bonchev–Trinajstić information content (AvgIpc) is 3.18. The Kier molecular flexibility index (Phi) is 7.25. The number of benzene rings is 2. The summed E-state index contributed by atoms with van der Waals surface area (Å²) in [5.74, 6) is -3.49. The van der Waals surface area contributed by atoms with Gasteiger partial charge in [0.1, 0.15) is 0 Å². The number of H-pyrrole nitrogens is 1. The van der Waals surface area contributed by atoms with E-state index in [1.807, 2.05) is 53.6 Å². The summed E-state index contributed by atoms with van der Waals surface area (Å²) in [6.45, 7) is 1.58. The van der Waals surface area contributed by atoms with Crippen molar-refractivity contribution in [3.05, 3.63) is 75.6 Å². The fourth-order valence-corrected chi connectivity index (χ4v) is 3.41. The smallest absolute Gasteiger partial charge is 0.434 e. The summed E-state index contributed by atoms with van der Waals surface area (Å²) in [4.78, 5) is 34.6. The summed E-state index contributed by atoms with van der Waals surface area (Å²) in [5, 5.41) is 18.1. The van der Waals surface area contributed by atoms with Crippen LogP contribution in [-0.2, 0) is 11.2 Å². The molecule has 162 valence electrons. The van der Waals surface area contributed by atoms with E-state index in [4.69, 9.17) is 11.6 Å². The van der Waals surface area contributed by atoms with Gasteiger partial charge in [-0.05, 0) is 48.1 Å². The topological polar surface area (TPSA) is 125 Å². The van der Waals surface area contributed by atoms with Crippen LogP contribution < -0.4 is 11.1 Å². The fourth-order valence-electron chi connectivity index (χ4n) is 3.22. The zero-order chi connectivity index (χ0) is 22.4. The van der Waals surface area contributed by atoms with Crippen molar-refractivity contribution >= 4 is 23.5 Å². The van der Waals surface area contributed by atoms with Gasteiger partial charge in [0.25, 0.3) is 0 Å². The number of hydrogen-bond acceptors (Lipinski definition) is 5. The van der Waals surface area contributed by atoms with Crippen LogP contribution in [0.25, 0.3) is 11.1 Å². The van der Waals surface area contributed by atoms with E-state index >= 15 is 0 Å². The maximum atomic E-state index is 12.3. The lowest BCUT2D eigenvalue weighted by atomic mass is 9.95. The first-order valence-electron chi connectivity index (χ1n) is 9.76. The van der Waals surface area contributed by atoms with Gasteiger partial charge in [-0.1, -0.05) is 54.9 Å². The molecule has 1 heterocycles. The second-order valence-corrected chi connectivity index (χ2v) is 7.75. The van der Waals surface area contributed by atoms with E-state index in [-0.39, 0.29) is 12.3 Å². The molecular weight excluding hydrogens is 422 g/mol. The molecule has 3 rings (SSSR count). The van der Waals surface area contributed by atoms with E-state index in [1.165, 1.54) is 0 Å². The van der Waals surface area contributed by atoms with Gasteiger partial charge in [0.15, 0.2) is 0 Å². The number of halogens is 1. The summed E-state index contributed by atoms with van der Waals surface area (Å²) >= 11 is 6.05. The van der Waals surface area contributed by atoms with Crippen molar-refractivity contribution in [2.45, 2.75) is 32.2 Å². The number of rotatable bonds is 9. The molecule has 0 spiro atoms. The summed E-state index contributed by atoms with van der Waals surface area (Å²) in [6.07, 6.45) is 1.36. The fraction of sp³-hybridized carbons (Fsp3) is 0.273. The van der Waals surface area contributed by atoms with Crippen LogP contribution in [0.5, 0.6) is 0 Å². The molecule has 0 saturated heterocycles. The van der Waals surface area contributed by atoms with Crippen LogP contribution in [0.15, 0.2) is 57.7 Å². The van der Waals surface area contributed by atoms with Gasteiger partial charge in [0.05, 0.1) is 5.92 Å². The molecule has 0 bridgehead atoms. The lowest BCUT2D eigenvalue weighted by Crippen LogP contribution is -2.37. The number of carboxylic acid groups (broad SMARTS) is 1. The van der Waals surface area contributed by atoms with Gasteiger partial charge in [-0.2, -0.15) is 0 Å². The summed E-state index contributed by atoms with van der Waals surface area (Å²) < 4.78 is 4.66. The Balaban J connectivity index is 1.66. The first-order valence-corrected chi connectivity index (χ1v) is 10.1. The van der Waals surface area contributed by atoms with E-state index < -0.39 is 29.6 Å². The molecule has 3 aromatic rings. The average molecular weight is 444 g/mol. The first-order chi connectivity index (χ1) is 14.8. The van der Waals surface area contributed by atoms with Gasteiger partial charge in [-0.15, -0.1) is 5.10 Å². The molecule has 8 nitrogen and oxygen atoms in total. The Hall–Kier alpha value is -3.39. The number of aromatic nitrogens is 2. The molecule has 0 aliphatic rings. The predicted octanol–water partition coefficient (Wildman–Crippen LogP) is 3.53. The van der Waals surface area contributed by atoms with Crippen molar-refractivity contribution in [1.29, 1.82) is 0 Å². The van der Waals surface area contributed by atoms with E-state index in [1.54, 1.807) is 6.92 Å². The zero-order valence-corrected chi connectivity index (χ0v) is 17.6. The minimum Gasteiger partial charge on any atom is -0.481 e. The highest BCUT2D eigenvalue weighted by Crippen LogP contribution is 2.23. The second kappa shape index (κ2) is 10.1. The number of aromatic amines is 1. The molecule has 3 N–H and O–H groups in total. The SMILES string of the molecule is C[C@H](C[C@@H](CCc1ccc(-c2cccc(Cl)c2)cc1)NC(=O)c1n[nH]c(=O)o1)C(=O)O. The third kappa shape index (κ3) is 6.29. The highest BCUT2D eigenvalue weighted by Gasteiger charge is 2.22. The monoisotopic (exact) mass is 443 g/mol. The number of carbonyl (C=O) groups excluding carboxylic acids is 1. The van der Waals surface area contributed by atoms with E-state index in [0.717, 1.165) is 16.7 Å². The Morgan fingerprint density at radius 3 is 2.55 bits per heavy atom. The summed E-state index contributed by atoms with van der Waals surface area (Å²) in [5.41, 5.74) is 3.09. The van der Waals surface area contributed by atoms with Gasteiger partial charge in [-0.25, -0.2) is 9.89 Å². The Bertz CT molecular complexity index is 1110. The molecule has 0 radical (unpaired) electrons. The first kappa shape index (κ1) is 22.3. The van der Waals surface area contributed by atoms with E-state index in [9.17, 15) is 19.5 Å². The van der Waals surface area contributed by atoms with Crippen LogP contribution >= 0.6 is 11.6 Å². The molecule has 1 amide bonds. The highest BCUT2D eigenvalue weighted by molar-refractivity contribution is 6.30. The molecule has 0 saturated carbocycles. The standard InChI is InChI=1S/C22H22ClN3O5/c1-13(21(28)29)11-18(24-19(27)20-25-26-22(30)31-20)10-7-14-5-8-15(9-6-14)16-3-2-4-17(23)12-16/h2-6,8-9,12-13,18H,7,10-11H2,1H3,(H,24,27)(H,26,30)(H,28,29)/t13-,18-/m1/s1. The van der Waals surface area contributed by atoms with Crippen molar-refractivity contribution in [3.8, 4) is 11.1 Å². The number of aliphatic carboxylic acids is 1. The van der Waals surface area contributed by atoms with Gasteiger partial charge in [0, 0.05) is 11.1 Å². The van der Waals surface area contributed by atoms with Crippen LogP contribution in [0.1, 0.15) is 36.0 Å². The molecule has 0 fully saturated rings. The third-order valence-electron chi connectivity index (χ3n) is 4.92. The van der Waals surface area contributed by atoms with Crippen LogP contribution in [0, 0.1) is 5.92 Å². The Morgan fingerprint density at radius 1 is 1.19 bits per heavy atom. The lowest BCUT2D eigenvalue weighted by molar-refractivity contribution is -0.141. The summed E-state index contributed by atoms with van der Waals surface area (Å²) in [6, 6.07) is 15.1. The van der Waals surface area contributed by atoms with Gasteiger partial charge in [0.2, 0.25) is 0 Å². The lowest BCUT2D eigenvalue weighted by Gasteiger charge is -2.20. The molecular formula is C22H22ClN3O5. The number of aryl methyl sites for hydroxylation is 1. The van der Waals surface area contributed by atoms with Crippen LogP contribution in [0.3, 0.4) is 0 Å². The molecule has 2 atom stereocenters. The van der Waals surface area contributed by atoms with Gasteiger partial charge < -0.3 is 14.8 Å². The largest absolute Gasteiger partial charge is 0.481 e. The normalized spacial score (nSPS) is 12.8. The molecule has 31 heavy (non-hydrogen) atoms. The predicted molar refractivity (Wildman–Crippen MR) is 115 cm³/mol. The van der Waals surface area contributed by atoms with Crippen molar-refractivity contribution in [1.82, 2.24) is 15.5 Å². The van der Waals surface area contributed by atoms with E-state index in [0.29, 0.717) is 17.9 Å². The number of hydrogen-bond donors (Lipinski definition) is 3. The van der Waals surface area contributed by atoms with Gasteiger partial charge >= 0.3 is 23.5 Å². The zero-order valence-electron chi connectivity index (χ0n) is 16.8. The second-order valence-electron chi connectivity index (χ2n) is 7.31. The van der Waals surface area contributed by atoms with Crippen LogP contribution in [0.4, 0.5) is 0 Å². The van der Waals surface area contributed by atoms with Crippen LogP contribution in [0.2, 0.25) is 5.02 Å². The number of carboxylic acids is 1. The molecule has 0 aliphatic heterocycles. The van der Waals surface area contributed by atoms with Crippen molar-refractivity contribution < 1.29 is 19.1 Å². The molecule has 0 unspecified atom stereocenters. The van der Waals surface area contributed by atoms with Crippen LogP contribution in [-0.4, -0.2) is 33.2 Å². The maximum Gasteiger partial charge on any atom is 0.434 e. The van der Waals surface area contributed by atoms with E-state index in [2.05, 4.69) is 14.8 Å². The molecule has 0 aliphatic carbocycles. The number of nitrogens with one attached hydrogen (secondary N) is 2. The Morgan fingerprint density at radius 2 is 1.94 bits per heavy atom. The Labute approximate surface area is 183 Å². The summed E-state index contributed by atoms with van der Waals surface area (Å²) in [7, 11) is 0. The maximum absolute atomic E-state index is 12.3. The number of carbonyl (C=O) groups is 2. The highest BCUT2D eigenvalue weighted by atomic mass is 35.5. The number of nitrogens with zero attached hydrogens (tertiary/aromatic N) is 1. The quantitative estimate of drug-likeness (QED) is 0.464. The third-order valence-corrected chi connectivity index (χ3v) is 5.16. The molecule has 9 heteroatoms. The molecule has 2 aromatic carbocycles. The van der Waals surface area contributed by atoms with Crippen molar-refractivity contribution in [2.24, 2.45) is 5.92 Å².